The van der Waals surface area contributed by atoms with Gasteiger partial charge in [0.05, 0.1) is 5.92 Å². The van der Waals surface area contributed by atoms with Crippen LogP contribution >= 0.6 is 0 Å². The van der Waals surface area contributed by atoms with Crippen LogP contribution in [-0.4, -0.2) is 28.7 Å². The van der Waals surface area contributed by atoms with Crippen LogP contribution in [0.1, 0.15) is 6.42 Å². The highest BCUT2D eigenvalue weighted by molar-refractivity contribution is 5.73. The quantitative estimate of drug-likeness (QED) is 0.599. The Kier molecular flexibility index (Phi) is 3.28. The number of rotatable bonds is 4. The molecule has 0 fully saturated rings. The Morgan fingerprint density at radius 2 is 2.21 bits per heavy atom. The number of carboxylic acids is 2. The van der Waals surface area contributed by atoms with Gasteiger partial charge in [0, 0.05) is 5.70 Å². The minimum absolute atomic E-state index is 0.159. The molecule has 14 heavy (non-hydrogen) atoms. The van der Waals surface area contributed by atoms with E-state index in [4.69, 9.17) is 10.2 Å². The molecule has 0 aromatic rings. The molecule has 0 aliphatic heterocycles. The fourth-order valence-electron chi connectivity index (χ4n) is 1.11. The molecule has 1 aliphatic rings. The first-order valence-corrected chi connectivity index (χ1v) is 4.16. The summed E-state index contributed by atoms with van der Waals surface area (Å²) in [5.74, 6) is -2.31. The molecule has 0 aromatic carbocycles. The molecule has 1 rings (SSSR count). The van der Waals surface area contributed by atoms with Gasteiger partial charge in [-0.25, -0.2) is 0 Å². The number of hydrogen-bond donors (Lipinski definition) is 3. The number of hydrogen-bond acceptors (Lipinski definition) is 3. The number of aliphatic carboxylic acids is 2. The molecule has 0 bridgehead atoms. The highest BCUT2D eigenvalue weighted by atomic mass is 16.4. The molecule has 1 atom stereocenters. The Bertz CT molecular complexity index is 306. The van der Waals surface area contributed by atoms with Crippen LogP contribution < -0.4 is 5.32 Å². The first-order valence-electron chi connectivity index (χ1n) is 4.16. The van der Waals surface area contributed by atoms with E-state index in [9.17, 15) is 9.59 Å². The van der Waals surface area contributed by atoms with E-state index in [0.29, 0.717) is 12.1 Å². The smallest absolute Gasteiger partial charge is 0.322 e. The normalized spacial score (nSPS) is 20.0. The lowest BCUT2D eigenvalue weighted by Gasteiger charge is -2.12. The lowest BCUT2D eigenvalue weighted by Crippen LogP contribution is -2.23. The summed E-state index contributed by atoms with van der Waals surface area (Å²) < 4.78 is 0. The van der Waals surface area contributed by atoms with Crippen LogP contribution in [0.4, 0.5) is 0 Å². The van der Waals surface area contributed by atoms with Crippen LogP contribution in [0, 0.1) is 5.92 Å². The maximum Gasteiger partial charge on any atom is 0.322 e. The summed E-state index contributed by atoms with van der Waals surface area (Å²) in [6.45, 7) is -0.159. The highest BCUT2D eigenvalue weighted by Gasteiger charge is 2.15. The third-order valence-corrected chi connectivity index (χ3v) is 1.86. The first-order chi connectivity index (χ1) is 6.59. The Morgan fingerprint density at radius 3 is 2.64 bits per heavy atom. The minimum Gasteiger partial charge on any atom is -0.481 e. The van der Waals surface area contributed by atoms with Gasteiger partial charge in [0.15, 0.2) is 0 Å². The van der Waals surface area contributed by atoms with Crippen molar-refractivity contribution in [3.8, 4) is 0 Å². The zero-order valence-corrected chi connectivity index (χ0v) is 7.43. The van der Waals surface area contributed by atoms with E-state index in [1.807, 2.05) is 0 Å². The summed E-state index contributed by atoms with van der Waals surface area (Å²) in [6.07, 6.45) is 5.22. The topological polar surface area (TPSA) is 86.6 Å². The van der Waals surface area contributed by atoms with Gasteiger partial charge in [-0.15, -0.1) is 0 Å². The number of nitrogens with one attached hydrogen (secondary N) is 1. The lowest BCUT2D eigenvalue weighted by atomic mass is 10.00. The van der Waals surface area contributed by atoms with Gasteiger partial charge in [-0.3, -0.25) is 9.59 Å². The monoisotopic (exact) mass is 197 g/mol. The molecule has 0 radical (unpaired) electrons. The fraction of sp³-hybridized carbons (Fsp3) is 0.333. The Balaban J connectivity index is 2.43. The number of carboxylic acid groups (broad SMARTS) is 2. The molecular formula is C9H11NO4. The Hall–Kier alpha value is -1.78. The van der Waals surface area contributed by atoms with Crippen molar-refractivity contribution < 1.29 is 19.8 Å². The van der Waals surface area contributed by atoms with Crippen molar-refractivity contribution in [2.75, 3.05) is 6.54 Å². The molecule has 0 spiro atoms. The maximum absolute atomic E-state index is 10.5. The van der Waals surface area contributed by atoms with E-state index in [0.717, 1.165) is 0 Å². The van der Waals surface area contributed by atoms with Crippen LogP contribution in [0.3, 0.4) is 0 Å². The van der Waals surface area contributed by atoms with Gasteiger partial charge < -0.3 is 15.5 Å². The van der Waals surface area contributed by atoms with Crippen molar-refractivity contribution in [3.63, 3.8) is 0 Å². The Morgan fingerprint density at radius 1 is 1.50 bits per heavy atom. The van der Waals surface area contributed by atoms with Crippen molar-refractivity contribution in [2.45, 2.75) is 6.42 Å². The highest BCUT2D eigenvalue weighted by Crippen LogP contribution is 2.14. The zero-order valence-electron chi connectivity index (χ0n) is 7.43. The van der Waals surface area contributed by atoms with Crippen LogP contribution in [0.25, 0.3) is 0 Å². The predicted octanol–water partition coefficient (Wildman–Crippen LogP) is 0.205. The summed E-state index contributed by atoms with van der Waals surface area (Å²) in [4.78, 5) is 20.7. The van der Waals surface area contributed by atoms with Crippen molar-refractivity contribution in [2.24, 2.45) is 5.92 Å². The summed E-state index contributed by atoms with van der Waals surface area (Å²) in [6, 6.07) is 0. The molecule has 0 amide bonds. The molecule has 0 heterocycles. The van der Waals surface area contributed by atoms with Crippen molar-refractivity contribution >= 4 is 11.9 Å². The standard InChI is InChI=1S/C9H11NO4/c11-8(12)5-10-7-3-1-6(2-4-7)9(13)14/h1,3-4,6,10H,2,5H2,(H,11,12)(H,13,14). The molecule has 0 saturated carbocycles. The Labute approximate surface area is 80.7 Å². The summed E-state index contributed by atoms with van der Waals surface area (Å²) in [5.41, 5.74) is 0.657. The molecule has 1 unspecified atom stereocenters. The number of allylic oxidation sites excluding steroid dienone is 2. The average molecular weight is 197 g/mol. The third kappa shape index (κ3) is 2.93. The number of carbonyl (C=O) groups is 2. The van der Waals surface area contributed by atoms with Crippen LogP contribution in [0.2, 0.25) is 0 Å². The van der Waals surface area contributed by atoms with Gasteiger partial charge in [-0.05, 0) is 12.5 Å². The van der Waals surface area contributed by atoms with Crippen LogP contribution in [-0.2, 0) is 9.59 Å². The van der Waals surface area contributed by atoms with Gasteiger partial charge in [0.25, 0.3) is 0 Å². The average Bonchev–Trinajstić information content (AvgIpc) is 2.15. The van der Waals surface area contributed by atoms with E-state index in [2.05, 4.69) is 5.32 Å². The molecule has 5 nitrogen and oxygen atoms in total. The molecule has 5 heteroatoms. The van der Waals surface area contributed by atoms with Crippen LogP contribution in [0.15, 0.2) is 23.9 Å². The van der Waals surface area contributed by atoms with E-state index in [-0.39, 0.29) is 6.54 Å². The molecule has 76 valence electrons. The van der Waals surface area contributed by atoms with Gasteiger partial charge in [-0.2, -0.15) is 0 Å². The SMILES string of the molecule is O=C(O)CNC1=CCC(C(=O)O)C=C1. The van der Waals surface area contributed by atoms with Crippen LogP contribution in [0.5, 0.6) is 0 Å². The van der Waals surface area contributed by atoms with Gasteiger partial charge in [-0.1, -0.05) is 12.2 Å². The van der Waals surface area contributed by atoms with Gasteiger partial charge in [0.2, 0.25) is 0 Å². The minimum atomic E-state index is -0.945. The van der Waals surface area contributed by atoms with Gasteiger partial charge >= 0.3 is 11.9 Å². The zero-order chi connectivity index (χ0) is 10.6. The first kappa shape index (κ1) is 10.3. The largest absolute Gasteiger partial charge is 0.481 e. The molecule has 3 N–H and O–H groups in total. The summed E-state index contributed by atoms with van der Waals surface area (Å²) in [5, 5.41) is 19.7. The predicted molar refractivity (Wildman–Crippen MR) is 48.6 cm³/mol. The van der Waals surface area contributed by atoms with E-state index >= 15 is 0 Å². The third-order valence-electron chi connectivity index (χ3n) is 1.86. The molecule has 0 aromatic heterocycles. The summed E-state index contributed by atoms with van der Waals surface area (Å²) >= 11 is 0. The lowest BCUT2D eigenvalue weighted by molar-refractivity contribution is -0.140. The van der Waals surface area contributed by atoms with Crippen molar-refractivity contribution in [3.05, 3.63) is 23.9 Å². The molecule has 0 saturated heterocycles. The van der Waals surface area contributed by atoms with Gasteiger partial charge in [0.1, 0.15) is 6.54 Å². The second kappa shape index (κ2) is 4.45. The van der Waals surface area contributed by atoms with E-state index in [1.165, 1.54) is 0 Å². The maximum atomic E-state index is 10.5. The second-order valence-electron chi connectivity index (χ2n) is 2.95. The molecular weight excluding hydrogens is 186 g/mol. The fourth-order valence-corrected chi connectivity index (χ4v) is 1.11. The van der Waals surface area contributed by atoms with E-state index < -0.39 is 17.9 Å². The van der Waals surface area contributed by atoms with E-state index in [1.54, 1.807) is 18.2 Å². The molecule has 1 aliphatic carbocycles. The summed E-state index contributed by atoms with van der Waals surface area (Å²) in [7, 11) is 0. The van der Waals surface area contributed by atoms with Crippen molar-refractivity contribution in [1.29, 1.82) is 0 Å². The van der Waals surface area contributed by atoms with Crippen molar-refractivity contribution in [1.82, 2.24) is 5.32 Å². The second-order valence-corrected chi connectivity index (χ2v) is 2.95.